The van der Waals surface area contributed by atoms with Crippen molar-refractivity contribution < 1.29 is 4.79 Å². The van der Waals surface area contributed by atoms with Gasteiger partial charge in [-0.15, -0.1) is 0 Å². The van der Waals surface area contributed by atoms with E-state index in [1.807, 2.05) is 50.5 Å². The maximum Gasteiger partial charge on any atom is 0.160 e. The van der Waals surface area contributed by atoms with Crippen molar-refractivity contribution in [1.82, 2.24) is 4.90 Å². The maximum absolute atomic E-state index is 12.3. The van der Waals surface area contributed by atoms with E-state index in [0.717, 1.165) is 18.5 Å². The van der Waals surface area contributed by atoms with E-state index in [-0.39, 0.29) is 11.7 Å². The number of carbonyl (C=O) groups is 1. The highest BCUT2D eigenvalue weighted by Gasteiger charge is 2.18. The van der Waals surface area contributed by atoms with Gasteiger partial charge in [0.15, 0.2) is 5.78 Å². The summed E-state index contributed by atoms with van der Waals surface area (Å²) in [5.74, 6) is 0.861. The third-order valence-corrected chi connectivity index (χ3v) is 2.98. The summed E-state index contributed by atoms with van der Waals surface area (Å²) in [6.07, 6.45) is 4.58. The average Bonchev–Trinajstić information content (AvgIpc) is 2.35. The Bertz CT molecular complexity index is 397. The summed E-state index contributed by atoms with van der Waals surface area (Å²) < 4.78 is 0. The lowest BCUT2D eigenvalue weighted by Gasteiger charge is -2.20. The molecule has 2 heteroatoms. The second kappa shape index (κ2) is 7.90. The largest absolute Gasteiger partial charge is 0.309 e. The first-order valence-electron chi connectivity index (χ1n) is 6.90. The zero-order valence-corrected chi connectivity index (χ0v) is 12.5. The normalized spacial score (nSPS) is 13.4. The van der Waals surface area contributed by atoms with Crippen LogP contribution in [0, 0.1) is 11.8 Å². The van der Waals surface area contributed by atoms with Crippen molar-refractivity contribution >= 4 is 11.9 Å². The average molecular weight is 259 g/mol. The molecule has 0 radical (unpaired) electrons. The molecule has 1 atom stereocenters. The molecule has 1 aromatic carbocycles. The number of hydrogen-bond acceptors (Lipinski definition) is 2. The molecule has 0 fully saturated rings. The number of ketones is 1. The summed E-state index contributed by atoms with van der Waals surface area (Å²) in [7, 11) is 4.03. The third-order valence-electron chi connectivity index (χ3n) is 2.98. The van der Waals surface area contributed by atoms with Crippen LogP contribution in [-0.2, 0) is 4.79 Å². The highest BCUT2D eigenvalue weighted by Crippen LogP contribution is 2.15. The van der Waals surface area contributed by atoms with Gasteiger partial charge < -0.3 is 4.90 Å². The number of allylic oxidation sites excluding steroid dienone is 1. The molecule has 104 valence electrons. The molecular weight excluding hydrogens is 234 g/mol. The quantitative estimate of drug-likeness (QED) is 0.699. The van der Waals surface area contributed by atoms with Crippen LogP contribution in [0.25, 0.3) is 6.08 Å². The Morgan fingerprint density at radius 2 is 1.84 bits per heavy atom. The summed E-state index contributed by atoms with van der Waals surface area (Å²) in [4.78, 5) is 14.4. The van der Waals surface area contributed by atoms with Crippen molar-refractivity contribution in [1.29, 1.82) is 0 Å². The fraction of sp³-hybridized carbons (Fsp3) is 0.471. The SMILES string of the molecule is CC(C)CC(CN(C)C)C(=O)/C=C/c1ccccc1. The minimum atomic E-state index is 0.0926. The Morgan fingerprint density at radius 3 is 2.37 bits per heavy atom. The molecule has 2 nitrogen and oxygen atoms in total. The number of benzene rings is 1. The molecule has 0 aliphatic rings. The van der Waals surface area contributed by atoms with Crippen molar-refractivity contribution in [3.63, 3.8) is 0 Å². The van der Waals surface area contributed by atoms with Gasteiger partial charge >= 0.3 is 0 Å². The van der Waals surface area contributed by atoms with E-state index >= 15 is 0 Å². The van der Waals surface area contributed by atoms with Crippen LogP contribution >= 0.6 is 0 Å². The second-order valence-corrected chi connectivity index (χ2v) is 5.74. The first-order chi connectivity index (χ1) is 8.99. The van der Waals surface area contributed by atoms with Crippen LogP contribution in [0.3, 0.4) is 0 Å². The molecule has 0 aliphatic heterocycles. The topological polar surface area (TPSA) is 20.3 Å². The van der Waals surface area contributed by atoms with Crippen molar-refractivity contribution in [3.05, 3.63) is 42.0 Å². The van der Waals surface area contributed by atoms with E-state index < -0.39 is 0 Å². The van der Waals surface area contributed by atoms with Gasteiger partial charge in [0.1, 0.15) is 0 Å². The summed E-state index contributed by atoms with van der Waals surface area (Å²) in [6, 6.07) is 9.96. The second-order valence-electron chi connectivity index (χ2n) is 5.74. The standard InChI is InChI=1S/C17H25NO/c1-14(2)12-16(13-18(3)4)17(19)11-10-15-8-6-5-7-9-15/h5-11,14,16H,12-13H2,1-4H3/b11-10+. The van der Waals surface area contributed by atoms with Crippen LogP contribution < -0.4 is 0 Å². The number of nitrogens with zero attached hydrogens (tertiary/aromatic N) is 1. The van der Waals surface area contributed by atoms with Crippen LogP contribution in [0.1, 0.15) is 25.8 Å². The Morgan fingerprint density at radius 1 is 1.21 bits per heavy atom. The Kier molecular flexibility index (Phi) is 6.51. The summed E-state index contributed by atoms with van der Waals surface area (Å²) in [5.41, 5.74) is 1.07. The molecule has 1 aromatic rings. The maximum atomic E-state index is 12.3. The van der Waals surface area contributed by atoms with Gasteiger partial charge in [-0.25, -0.2) is 0 Å². The fourth-order valence-electron chi connectivity index (χ4n) is 2.17. The molecule has 1 unspecified atom stereocenters. The smallest absolute Gasteiger partial charge is 0.160 e. The van der Waals surface area contributed by atoms with Gasteiger partial charge in [0.2, 0.25) is 0 Å². The summed E-state index contributed by atoms with van der Waals surface area (Å²) >= 11 is 0. The van der Waals surface area contributed by atoms with Crippen LogP contribution in [0.5, 0.6) is 0 Å². The molecule has 0 bridgehead atoms. The Balaban J connectivity index is 2.68. The first kappa shape index (κ1) is 15.6. The van der Waals surface area contributed by atoms with E-state index in [1.165, 1.54) is 0 Å². The minimum Gasteiger partial charge on any atom is -0.309 e. The van der Waals surface area contributed by atoms with Gasteiger partial charge in [0.25, 0.3) is 0 Å². The first-order valence-corrected chi connectivity index (χ1v) is 6.90. The van der Waals surface area contributed by atoms with E-state index in [4.69, 9.17) is 0 Å². The highest BCUT2D eigenvalue weighted by molar-refractivity contribution is 5.95. The van der Waals surface area contributed by atoms with Crippen LogP contribution in [-0.4, -0.2) is 31.3 Å². The van der Waals surface area contributed by atoms with E-state index in [2.05, 4.69) is 18.7 Å². The van der Waals surface area contributed by atoms with Crippen molar-refractivity contribution in [2.45, 2.75) is 20.3 Å². The fourth-order valence-corrected chi connectivity index (χ4v) is 2.17. The molecule has 0 aliphatic carbocycles. The molecular formula is C17H25NO. The number of rotatable bonds is 7. The van der Waals surface area contributed by atoms with Crippen molar-refractivity contribution in [2.24, 2.45) is 11.8 Å². The molecule has 0 N–H and O–H groups in total. The van der Waals surface area contributed by atoms with Gasteiger partial charge in [0.05, 0.1) is 0 Å². The lowest BCUT2D eigenvalue weighted by Crippen LogP contribution is -2.28. The molecule has 19 heavy (non-hydrogen) atoms. The highest BCUT2D eigenvalue weighted by atomic mass is 16.1. The van der Waals surface area contributed by atoms with E-state index in [1.54, 1.807) is 6.08 Å². The number of carbonyl (C=O) groups excluding carboxylic acids is 1. The lowest BCUT2D eigenvalue weighted by atomic mass is 9.92. The Labute approximate surface area is 117 Å². The summed E-state index contributed by atoms with van der Waals surface area (Å²) in [6.45, 7) is 5.14. The molecule has 0 aromatic heterocycles. The van der Waals surface area contributed by atoms with Gasteiger partial charge in [0, 0.05) is 12.5 Å². The zero-order valence-electron chi connectivity index (χ0n) is 12.5. The monoisotopic (exact) mass is 259 g/mol. The molecule has 0 saturated carbocycles. The molecule has 0 heterocycles. The van der Waals surface area contributed by atoms with Gasteiger partial charge in [-0.3, -0.25) is 4.79 Å². The van der Waals surface area contributed by atoms with Gasteiger partial charge in [-0.2, -0.15) is 0 Å². The predicted octanol–water partition coefficient (Wildman–Crippen LogP) is 3.49. The van der Waals surface area contributed by atoms with Gasteiger partial charge in [-0.1, -0.05) is 50.3 Å². The van der Waals surface area contributed by atoms with Crippen LogP contribution in [0.2, 0.25) is 0 Å². The molecule has 0 saturated heterocycles. The summed E-state index contributed by atoms with van der Waals surface area (Å²) in [5, 5.41) is 0. The lowest BCUT2D eigenvalue weighted by molar-refractivity contribution is -0.119. The zero-order chi connectivity index (χ0) is 14.3. The Hall–Kier alpha value is -1.41. The van der Waals surface area contributed by atoms with Crippen LogP contribution in [0.15, 0.2) is 36.4 Å². The number of hydrogen-bond donors (Lipinski definition) is 0. The predicted molar refractivity (Wildman–Crippen MR) is 82.0 cm³/mol. The van der Waals surface area contributed by atoms with Crippen LogP contribution in [0.4, 0.5) is 0 Å². The molecule has 0 spiro atoms. The van der Waals surface area contributed by atoms with E-state index in [9.17, 15) is 4.79 Å². The molecule has 0 amide bonds. The minimum absolute atomic E-state index is 0.0926. The van der Waals surface area contributed by atoms with E-state index in [0.29, 0.717) is 5.92 Å². The van der Waals surface area contributed by atoms with Gasteiger partial charge in [-0.05, 0) is 38.1 Å². The third kappa shape index (κ3) is 6.35. The van der Waals surface area contributed by atoms with Crippen molar-refractivity contribution in [3.8, 4) is 0 Å². The molecule has 1 rings (SSSR count). The van der Waals surface area contributed by atoms with Crippen molar-refractivity contribution in [2.75, 3.05) is 20.6 Å².